The van der Waals surface area contributed by atoms with Gasteiger partial charge in [-0.1, -0.05) is 12.1 Å². The topological polar surface area (TPSA) is 114 Å². The molecule has 136 valence electrons. The first-order valence-corrected chi connectivity index (χ1v) is 8.07. The summed E-state index contributed by atoms with van der Waals surface area (Å²) in [6, 6.07) is 8.81. The summed E-state index contributed by atoms with van der Waals surface area (Å²) in [5, 5.41) is 6.85. The minimum absolute atomic E-state index is 0.0201. The van der Waals surface area contributed by atoms with Crippen LogP contribution < -0.4 is 20.9 Å². The molecule has 9 heteroatoms. The zero-order valence-electron chi connectivity index (χ0n) is 14.4. The second-order valence-electron chi connectivity index (χ2n) is 5.98. The van der Waals surface area contributed by atoms with E-state index in [1.54, 1.807) is 24.3 Å². The van der Waals surface area contributed by atoms with E-state index in [0.717, 1.165) is 11.4 Å². The summed E-state index contributed by atoms with van der Waals surface area (Å²) >= 11 is 0. The van der Waals surface area contributed by atoms with E-state index < -0.39 is 23.8 Å². The molecule has 0 fully saturated rings. The molecular weight excluding hydrogens is 338 g/mol. The molecule has 1 aromatic carbocycles. The van der Waals surface area contributed by atoms with Crippen molar-refractivity contribution in [1.29, 1.82) is 0 Å². The number of benzene rings is 1. The Labute approximate surface area is 149 Å². The number of hydrogen-bond donors (Lipinski definition) is 3. The van der Waals surface area contributed by atoms with Gasteiger partial charge in [-0.3, -0.25) is 29.9 Å². The van der Waals surface area contributed by atoms with E-state index in [4.69, 9.17) is 4.74 Å². The van der Waals surface area contributed by atoms with Gasteiger partial charge in [0.15, 0.2) is 6.10 Å². The lowest BCUT2D eigenvalue weighted by atomic mass is 10.1. The van der Waals surface area contributed by atoms with Crippen LogP contribution in [0.15, 0.2) is 30.3 Å². The Morgan fingerprint density at radius 3 is 2.69 bits per heavy atom. The van der Waals surface area contributed by atoms with Crippen molar-refractivity contribution in [3.05, 3.63) is 41.7 Å². The Balaban J connectivity index is 1.49. The molecule has 3 amide bonds. The number of para-hydroxylation sites is 2. The van der Waals surface area contributed by atoms with E-state index >= 15 is 0 Å². The maximum absolute atomic E-state index is 12.0. The number of nitrogens with zero attached hydrogens (tertiary/aromatic N) is 2. The minimum atomic E-state index is -0.960. The normalized spacial score (nSPS) is 15.5. The van der Waals surface area contributed by atoms with Crippen LogP contribution in [-0.4, -0.2) is 33.6 Å². The van der Waals surface area contributed by atoms with Gasteiger partial charge in [-0.2, -0.15) is 5.10 Å². The van der Waals surface area contributed by atoms with Gasteiger partial charge in [-0.05, 0) is 32.0 Å². The SMILES string of the molecule is Cc1cc(C)n(CC(=O)NNC(=O)C[C@H]2Oc3ccccc3NC2=O)n1. The van der Waals surface area contributed by atoms with E-state index in [1.807, 2.05) is 19.9 Å². The number of aryl methyl sites for hydroxylation is 2. The van der Waals surface area contributed by atoms with Crippen molar-refractivity contribution in [3.8, 4) is 5.75 Å². The third kappa shape index (κ3) is 4.00. The molecule has 0 saturated carbocycles. The number of hydrazine groups is 1. The Bertz CT molecular complexity index is 861. The van der Waals surface area contributed by atoms with Crippen LogP contribution in [0, 0.1) is 13.8 Å². The highest BCUT2D eigenvalue weighted by Crippen LogP contribution is 2.29. The molecule has 1 atom stereocenters. The number of amides is 3. The van der Waals surface area contributed by atoms with E-state index in [0.29, 0.717) is 11.4 Å². The first-order chi connectivity index (χ1) is 12.4. The Morgan fingerprint density at radius 2 is 1.96 bits per heavy atom. The molecule has 0 unspecified atom stereocenters. The predicted molar refractivity (Wildman–Crippen MR) is 92.1 cm³/mol. The first-order valence-electron chi connectivity index (χ1n) is 8.07. The van der Waals surface area contributed by atoms with Gasteiger partial charge in [-0.25, -0.2) is 0 Å². The van der Waals surface area contributed by atoms with Gasteiger partial charge in [0.25, 0.3) is 11.8 Å². The zero-order chi connectivity index (χ0) is 18.7. The number of fused-ring (bicyclic) bond motifs is 1. The lowest BCUT2D eigenvalue weighted by Gasteiger charge is -2.25. The molecule has 3 N–H and O–H groups in total. The van der Waals surface area contributed by atoms with Gasteiger partial charge in [0.05, 0.1) is 17.8 Å². The fourth-order valence-electron chi connectivity index (χ4n) is 2.60. The van der Waals surface area contributed by atoms with E-state index in [2.05, 4.69) is 21.3 Å². The lowest BCUT2D eigenvalue weighted by molar-refractivity contribution is -0.133. The van der Waals surface area contributed by atoms with Crippen LogP contribution in [-0.2, 0) is 20.9 Å². The summed E-state index contributed by atoms with van der Waals surface area (Å²) in [5.74, 6) is -0.874. The first kappa shape index (κ1) is 17.5. The van der Waals surface area contributed by atoms with Crippen LogP contribution in [0.3, 0.4) is 0 Å². The molecule has 0 bridgehead atoms. The molecule has 2 aromatic rings. The number of nitrogens with one attached hydrogen (secondary N) is 3. The molecule has 0 spiro atoms. The number of rotatable bonds is 4. The Morgan fingerprint density at radius 1 is 1.23 bits per heavy atom. The largest absolute Gasteiger partial charge is 0.478 e. The average Bonchev–Trinajstić information content (AvgIpc) is 2.91. The van der Waals surface area contributed by atoms with E-state index in [9.17, 15) is 14.4 Å². The summed E-state index contributed by atoms with van der Waals surface area (Å²) in [4.78, 5) is 35.9. The van der Waals surface area contributed by atoms with E-state index in [-0.39, 0.29) is 13.0 Å². The Hall–Kier alpha value is -3.36. The second-order valence-corrected chi connectivity index (χ2v) is 5.98. The van der Waals surface area contributed by atoms with Crippen LogP contribution in [0.25, 0.3) is 0 Å². The standard InChI is InChI=1S/C17H19N5O4/c1-10-7-11(2)22(21-10)9-16(24)20-19-15(23)8-14-17(25)18-12-5-3-4-6-13(12)26-14/h3-7,14H,8-9H2,1-2H3,(H,18,25)(H,19,23)(H,20,24)/t14-/m1/s1. The van der Waals surface area contributed by atoms with E-state index in [1.165, 1.54) is 4.68 Å². The number of carbonyl (C=O) groups is 3. The Kier molecular flexibility index (Phi) is 4.87. The number of ether oxygens (including phenoxy) is 1. The molecule has 1 aromatic heterocycles. The van der Waals surface area contributed by atoms with Crippen LogP contribution in [0.4, 0.5) is 5.69 Å². The van der Waals surface area contributed by atoms with Crippen molar-refractivity contribution in [3.63, 3.8) is 0 Å². The molecule has 9 nitrogen and oxygen atoms in total. The van der Waals surface area contributed by atoms with Crippen LogP contribution in [0.5, 0.6) is 5.75 Å². The highest BCUT2D eigenvalue weighted by atomic mass is 16.5. The third-order valence-electron chi connectivity index (χ3n) is 3.82. The third-order valence-corrected chi connectivity index (χ3v) is 3.82. The molecule has 0 aliphatic carbocycles. The van der Waals surface area contributed by atoms with Gasteiger partial charge >= 0.3 is 0 Å². The highest BCUT2D eigenvalue weighted by Gasteiger charge is 2.29. The maximum atomic E-state index is 12.0. The molecular formula is C17H19N5O4. The average molecular weight is 357 g/mol. The fraction of sp³-hybridized carbons (Fsp3) is 0.294. The van der Waals surface area contributed by atoms with Crippen molar-refractivity contribution in [2.45, 2.75) is 32.9 Å². The summed E-state index contributed by atoms with van der Waals surface area (Å²) in [7, 11) is 0. The molecule has 1 aliphatic heterocycles. The maximum Gasteiger partial charge on any atom is 0.266 e. The van der Waals surface area contributed by atoms with Crippen LogP contribution >= 0.6 is 0 Å². The molecule has 0 radical (unpaired) electrons. The lowest BCUT2D eigenvalue weighted by Crippen LogP contribution is -2.47. The minimum Gasteiger partial charge on any atom is -0.478 e. The zero-order valence-corrected chi connectivity index (χ0v) is 14.4. The van der Waals surface area contributed by atoms with Crippen LogP contribution in [0.2, 0.25) is 0 Å². The second kappa shape index (κ2) is 7.26. The number of hydrogen-bond acceptors (Lipinski definition) is 5. The van der Waals surface area contributed by atoms with Crippen LogP contribution in [0.1, 0.15) is 17.8 Å². The highest BCUT2D eigenvalue weighted by molar-refractivity contribution is 6.00. The molecule has 3 rings (SSSR count). The summed E-state index contributed by atoms with van der Waals surface area (Å²) in [5.41, 5.74) is 6.80. The number of aromatic nitrogens is 2. The predicted octanol–water partition coefficient (Wildman–Crippen LogP) is 0.437. The smallest absolute Gasteiger partial charge is 0.266 e. The fourth-order valence-corrected chi connectivity index (χ4v) is 2.60. The van der Waals surface area contributed by atoms with Gasteiger partial charge in [-0.15, -0.1) is 0 Å². The number of carbonyl (C=O) groups excluding carboxylic acids is 3. The summed E-state index contributed by atoms with van der Waals surface area (Å²) < 4.78 is 7.07. The molecule has 0 saturated heterocycles. The van der Waals surface area contributed by atoms with Crippen molar-refractivity contribution < 1.29 is 19.1 Å². The van der Waals surface area contributed by atoms with Gasteiger partial charge in [0.2, 0.25) is 5.91 Å². The molecule has 2 heterocycles. The van der Waals surface area contributed by atoms with Gasteiger partial charge < -0.3 is 10.1 Å². The van der Waals surface area contributed by atoms with Crippen molar-refractivity contribution >= 4 is 23.4 Å². The quantitative estimate of drug-likeness (QED) is 0.687. The van der Waals surface area contributed by atoms with Gasteiger partial charge in [0, 0.05) is 5.69 Å². The number of anilines is 1. The van der Waals surface area contributed by atoms with Crippen molar-refractivity contribution in [2.75, 3.05) is 5.32 Å². The van der Waals surface area contributed by atoms with Crippen molar-refractivity contribution in [2.24, 2.45) is 0 Å². The summed E-state index contributed by atoms with van der Waals surface area (Å²) in [6.07, 6.45) is -1.18. The summed E-state index contributed by atoms with van der Waals surface area (Å²) in [6.45, 7) is 3.65. The molecule has 26 heavy (non-hydrogen) atoms. The van der Waals surface area contributed by atoms with Crippen molar-refractivity contribution in [1.82, 2.24) is 20.6 Å². The monoisotopic (exact) mass is 357 g/mol. The molecule has 1 aliphatic rings. The van der Waals surface area contributed by atoms with Gasteiger partial charge in [0.1, 0.15) is 12.3 Å².